The van der Waals surface area contributed by atoms with Crippen molar-refractivity contribution in [2.75, 3.05) is 38.6 Å². The van der Waals surface area contributed by atoms with Crippen LogP contribution in [0.5, 0.6) is 0 Å². The van der Waals surface area contributed by atoms with E-state index in [0.29, 0.717) is 48.1 Å². The van der Waals surface area contributed by atoms with Gasteiger partial charge in [-0.25, -0.2) is 4.98 Å². The van der Waals surface area contributed by atoms with E-state index in [9.17, 15) is 9.90 Å². The topological polar surface area (TPSA) is 67.6 Å². The predicted octanol–water partition coefficient (Wildman–Crippen LogP) is 2.23. The fourth-order valence-corrected chi connectivity index (χ4v) is 4.38. The number of fused-ring (bicyclic) bond motifs is 1. The molecule has 3 aromatic rings. The molecule has 1 N–H and O–H groups in total. The van der Waals surface area contributed by atoms with Crippen LogP contribution in [0.3, 0.4) is 0 Å². The largest absolute Gasteiger partial charge is 0.391 e. The summed E-state index contributed by atoms with van der Waals surface area (Å²) in [7, 11) is 0. The van der Waals surface area contributed by atoms with Crippen LogP contribution in [0.1, 0.15) is 5.56 Å². The van der Waals surface area contributed by atoms with Crippen LogP contribution in [-0.2, 0) is 11.3 Å². The van der Waals surface area contributed by atoms with Crippen molar-refractivity contribution in [3.8, 4) is 0 Å². The zero-order chi connectivity index (χ0) is 20.1. The summed E-state index contributed by atoms with van der Waals surface area (Å²) in [6.45, 7) is 4.17. The first kappa shape index (κ1) is 20.1. The summed E-state index contributed by atoms with van der Waals surface area (Å²) in [5, 5.41) is 11.8. The summed E-state index contributed by atoms with van der Waals surface area (Å²) in [6, 6.07) is 17.3. The second-order valence-electron chi connectivity index (χ2n) is 7.17. The molecular weight excluding hydrogens is 386 g/mol. The van der Waals surface area contributed by atoms with Gasteiger partial charge in [-0.3, -0.25) is 14.3 Å². The van der Waals surface area contributed by atoms with Gasteiger partial charge in [0.2, 0.25) is 0 Å². The highest BCUT2D eigenvalue weighted by Crippen LogP contribution is 2.20. The molecular formula is C22H25N3O3S. The van der Waals surface area contributed by atoms with Crippen LogP contribution < -0.4 is 5.56 Å². The molecule has 7 heteroatoms. The second-order valence-corrected chi connectivity index (χ2v) is 8.15. The van der Waals surface area contributed by atoms with Gasteiger partial charge in [0.15, 0.2) is 5.16 Å². The molecule has 1 aliphatic rings. The van der Waals surface area contributed by atoms with Crippen LogP contribution in [0.2, 0.25) is 0 Å². The lowest BCUT2D eigenvalue weighted by Crippen LogP contribution is -2.41. The molecule has 6 nitrogen and oxygen atoms in total. The Morgan fingerprint density at radius 1 is 1.07 bits per heavy atom. The molecule has 1 aliphatic heterocycles. The van der Waals surface area contributed by atoms with Crippen LogP contribution in [0.15, 0.2) is 64.5 Å². The Hall–Kier alpha value is -2.19. The molecule has 0 spiro atoms. The van der Waals surface area contributed by atoms with E-state index in [1.807, 2.05) is 54.6 Å². The summed E-state index contributed by atoms with van der Waals surface area (Å²) >= 11 is 1.44. The summed E-state index contributed by atoms with van der Waals surface area (Å²) in [4.78, 5) is 20.1. The molecule has 0 amide bonds. The summed E-state index contributed by atoms with van der Waals surface area (Å²) in [5.41, 5.74) is 1.68. The number of aromatic nitrogens is 2. The van der Waals surface area contributed by atoms with Crippen molar-refractivity contribution in [1.82, 2.24) is 14.5 Å². The van der Waals surface area contributed by atoms with Crippen LogP contribution in [0, 0.1) is 0 Å². The van der Waals surface area contributed by atoms with Gasteiger partial charge in [0.05, 0.1) is 36.8 Å². The Balaban J connectivity index is 1.56. The smallest absolute Gasteiger partial charge is 0.262 e. The number of nitrogens with zero attached hydrogens (tertiary/aromatic N) is 3. The average molecular weight is 412 g/mol. The third-order valence-corrected chi connectivity index (χ3v) is 6.11. The first-order chi connectivity index (χ1) is 14.2. The molecule has 1 atom stereocenters. The minimum absolute atomic E-state index is 0.0513. The van der Waals surface area contributed by atoms with Gasteiger partial charge in [-0.05, 0) is 17.7 Å². The first-order valence-electron chi connectivity index (χ1n) is 9.85. The standard InChI is InChI=1S/C22H25N3O3S/c26-18(15-24-10-12-28-13-11-24)16-29-22-23-20-9-5-4-8-19(20)21(27)25(22)14-17-6-2-1-3-7-17/h1-9,18,26H,10-16H2/t18-/m1/s1. The molecule has 2 aromatic carbocycles. The van der Waals surface area contributed by atoms with Crippen molar-refractivity contribution in [3.05, 3.63) is 70.5 Å². The molecule has 152 valence electrons. The molecule has 1 aromatic heterocycles. The molecule has 0 aliphatic carbocycles. The third kappa shape index (κ3) is 5.05. The van der Waals surface area contributed by atoms with E-state index in [1.54, 1.807) is 4.57 Å². The van der Waals surface area contributed by atoms with E-state index in [4.69, 9.17) is 9.72 Å². The van der Waals surface area contributed by atoms with Crippen LogP contribution in [0.4, 0.5) is 0 Å². The minimum Gasteiger partial charge on any atom is -0.391 e. The lowest BCUT2D eigenvalue weighted by molar-refractivity contribution is 0.0188. The van der Waals surface area contributed by atoms with Gasteiger partial charge in [-0.2, -0.15) is 0 Å². The maximum Gasteiger partial charge on any atom is 0.262 e. The molecule has 1 fully saturated rings. The van der Waals surface area contributed by atoms with Crippen molar-refractivity contribution < 1.29 is 9.84 Å². The SMILES string of the molecule is O=c1c2ccccc2nc(SC[C@H](O)CN2CCOCC2)n1Cc1ccccc1. The zero-order valence-corrected chi connectivity index (χ0v) is 17.1. The molecule has 2 heterocycles. The Labute approximate surface area is 174 Å². The van der Waals surface area contributed by atoms with Crippen molar-refractivity contribution >= 4 is 22.7 Å². The Morgan fingerprint density at radius 3 is 2.59 bits per heavy atom. The third-order valence-electron chi connectivity index (χ3n) is 4.99. The van der Waals surface area contributed by atoms with E-state index in [1.165, 1.54) is 11.8 Å². The summed E-state index contributed by atoms with van der Waals surface area (Å²) < 4.78 is 7.07. The maximum absolute atomic E-state index is 13.1. The monoisotopic (exact) mass is 411 g/mol. The van der Waals surface area contributed by atoms with Crippen molar-refractivity contribution in [1.29, 1.82) is 0 Å². The predicted molar refractivity (Wildman–Crippen MR) is 116 cm³/mol. The van der Waals surface area contributed by atoms with Crippen molar-refractivity contribution in [2.45, 2.75) is 17.8 Å². The van der Waals surface area contributed by atoms with Crippen LogP contribution in [-0.4, -0.2) is 64.3 Å². The number of ether oxygens (including phenoxy) is 1. The number of aliphatic hydroxyl groups is 1. The number of hydrogen-bond acceptors (Lipinski definition) is 6. The molecule has 1 saturated heterocycles. The van der Waals surface area contributed by atoms with Gasteiger partial charge < -0.3 is 9.84 Å². The van der Waals surface area contributed by atoms with Crippen molar-refractivity contribution in [2.24, 2.45) is 0 Å². The van der Waals surface area contributed by atoms with E-state index in [2.05, 4.69) is 4.90 Å². The van der Waals surface area contributed by atoms with Crippen molar-refractivity contribution in [3.63, 3.8) is 0 Å². The highest BCUT2D eigenvalue weighted by Gasteiger charge is 2.17. The number of benzene rings is 2. The van der Waals surface area contributed by atoms with Gasteiger partial charge in [-0.1, -0.05) is 54.2 Å². The molecule has 29 heavy (non-hydrogen) atoms. The number of morpholine rings is 1. The molecule has 0 radical (unpaired) electrons. The Bertz CT molecular complexity index is 1000. The molecule has 0 saturated carbocycles. The molecule has 0 unspecified atom stereocenters. The number of para-hydroxylation sites is 1. The van der Waals surface area contributed by atoms with Gasteiger partial charge in [0.25, 0.3) is 5.56 Å². The highest BCUT2D eigenvalue weighted by molar-refractivity contribution is 7.99. The highest BCUT2D eigenvalue weighted by atomic mass is 32.2. The number of hydrogen-bond donors (Lipinski definition) is 1. The van der Waals surface area contributed by atoms with E-state index in [-0.39, 0.29) is 5.56 Å². The zero-order valence-electron chi connectivity index (χ0n) is 16.2. The fourth-order valence-electron chi connectivity index (χ4n) is 3.47. The van der Waals surface area contributed by atoms with Gasteiger partial charge in [0, 0.05) is 25.4 Å². The second kappa shape index (κ2) is 9.54. The molecule has 4 rings (SSSR count). The quantitative estimate of drug-likeness (QED) is 0.475. The Morgan fingerprint density at radius 2 is 1.79 bits per heavy atom. The van der Waals surface area contributed by atoms with Crippen LogP contribution >= 0.6 is 11.8 Å². The minimum atomic E-state index is -0.494. The van der Waals surface area contributed by atoms with E-state index >= 15 is 0 Å². The van der Waals surface area contributed by atoms with Gasteiger partial charge in [0.1, 0.15) is 0 Å². The number of thioether (sulfide) groups is 1. The number of rotatable bonds is 7. The average Bonchev–Trinajstić information content (AvgIpc) is 2.76. The van der Waals surface area contributed by atoms with Gasteiger partial charge >= 0.3 is 0 Å². The normalized spacial score (nSPS) is 16.2. The number of β-amino-alcohol motifs (C(OH)–C–C–N with tert-alkyl or cyclic N) is 1. The maximum atomic E-state index is 13.1. The molecule has 0 bridgehead atoms. The summed E-state index contributed by atoms with van der Waals surface area (Å²) in [6.07, 6.45) is -0.494. The Kier molecular flexibility index (Phi) is 6.61. The van der Waals surface area contributed by atoms with Gasteiger partial charge in [-0.15, -0.1) is 0 Å². The van der Waals surface area contributed by atoms with Crippen LogP contribution in [0.25, 0.3) is 10.9 Å². The number of aliphatic hydroxyl groups excluding tert-OH is 1. The first-order valence-corrected chi connectivity index (χ1v) is 10.8. The lowest BCUT2D eigenvalue weighted by Gasteiger charge is -2.28. The fraction of sp³-hybridized carbons (Fsp3) is 0.364. The van der Waals surface area contributed by atoms with E-state index in [0.717, 1.165) is 18.7 Å². The lowest BCUT2D eigenvalue weighted by atomic mass is 10.2. The van der Waals surface area contributed by atoms with E-state index < -0.39 is 6.10 Å². The summed E-state index contributed by atoms with van der Waals surface area (Å²) in [5.74, 6) is 0.483.